The Labute approximate surface area is 112 Å². The number of fused-ring (bicyclic) bond motifs is 1. The monoisotopic (exact) mass is 256 g/mol. The lowest BCUT2D eigenvalue weighted by atomic mass is 10.0. The van der Waals surface area contributed by atoms with Gasteiger partial charge in [0.05, 0.1) is 13.7 Å². The van der Waals surface area contributed by atoms with Crippen LogP contribution in [0.15, 0.2) is 42.5 Å². The van der Waals surface area contributed by atoms with E-state index in [0.717, 1.165) is 22.1 Å². The Bertz CT molecular complexity index is 614. The molecule has 0 aliphatic rings. The van der Waals surface area contributed by atoms with E-state index in [-0.39, 0.29) is 5.97 Å². The number of hydrogen-bond donors (Lipinski definition) is 0. The summed E-state index contributed by atoms with van der Waals surface area (Å²) in [6.45, 7) is 2.17. The van der Waals surface area contributed by atoms with Crippen LogP contribution in [0.5, 0.6) is 5.75 Å². The largest absolute Gasteiger partial charge is 0.496 e. The Morgan fingerprint density at radius 1 is 1.16 bits per heavy atom. The highest BCUT2D eigenvalue weighted by atomic mass is 16.5. The van der Waals surface area contributed by atoms with Gasteiger partial charge in [0.1, 0.15) is 5.75 Å². The molecule has 0 unspecified atom stereocenters. The maximum Gasteiger partial charge on any atom is 0.330 e. The van der Waals surface area contributed by atoms with Gasteiger partial charge in [0.25, 0.3) is 0 Å². The van der Waals surface area contributed by atoms with E-state index in [0.29, 0.717) is 6.61 Å². The Kier molecular flexibility index (Phi) is 4.18. The maximum atomic E-state index is 11.3. The lowest BCUT2D eigenvalue weighted by Crippen LogP contribution is -1.98. The minimum Gasteiger partial charge on any atom is -0.496 e. The van der Waals surface area contributed by atoms with Crippen LogP contribution < -0.4 is 4.74 Å². The molecule has 2 rings (SSSR count). The van der Waals surface area contributed by atoms with Crippen molar-refractivity contribution in [3.8, 4) is 5.75 Å². The molecule has 0 saturated heterocycles. The summed E-state index contributed by atoms with van der Waals surface area (Å²) in [6.07, 6.45) is 3.21. The molecule has 2 aromatic carbocycles. The molecule has 0 N–H and O–H groups in total. The smallest absolute Gasteiger partial charge is 0.330 e. The molecule has 0 fully saturated rings. The topological polar surface area (TPSA) is 35.5 Å². The predicted molar refractivity (Wildman–Crippen MR) is 76.2 cm³/mol. The van der Waals surface area contributed by atoms with Crippen LogP contribution in [-0.2, 0) is 9.53 Å². The summed E-state index contributed by atoms with van der Waals surface area (Å²) in [6, 6.07) is 11.7. The van der Waals surface area contributed by atoms with Crippen molar-refractivity contribution >= 4 is 22.8 Å². The van der Waals surface area contributed by atoms with E-state index in [9.17, 15) is 4.79 Å². The van der Waals surface area contributed by atoms with Gasteiger partial charge in [0, 0.05) is 11.5 Å². The van der Waals surface area contributed by atoms with Crippen LogP contribution in [0.2, 0.25) is 0 Å². The lowest BCUT2D eigenvalue weighted by molar-refractivity contribution is -0.137. The van der Waals surface area contributed by atoms with E-state index in [4.69, 9.17) is 9.47 Å². The predicted octanol–water partition coefficient (Wildman–Crippen LogP) is 3.42. The molecule has 3 nitrogen and oxygen atoms in total. The zero-order chi connectivity index (χ0) is 13.7. The van der Waals surface area contributed by atoms with Gasteiger partial charge in [-0.2, -0.15) is 0 Å². The van der Waals surface area contributed by atoms with Crippen LogP contribution in [0.1, 0.15) is 12.5 Å². The van der Waals surface area contributed by atoms with E-state index < -0.39 is 0 Å². The van der Waals surface area contributed by atoms with Gasteiger partial charge in [-0.15, -0.1) is 0 Å². The quantitative estimate of drug-likeness (QED) is 0.621. The van der Waals surface area contributed by atoms with E-state index in [1.165, 1.54) is 6.08 Å². The second-order valence-electron chi connectivity index (χ2n) is 3.99. The molecule has 0 heterocycles. The zero-order valence-electron chi connectivity index (χ0n) is 11.1. The molecule has 98 valence electrons. The van der Waals surface area contributed by atoms with E-state index >= 15 is 0 Å². The van der Waals surface area contributed by atoms with Crippen LogP contribution in [0.3, 0.4) is 0 Å². The average Bonchev–Trinajstić information content (AvgIpc) is 2.45. The van der Waals surface area contributed by atoms with E-state index in [1.807, 2.05) is 36.4 Å². The molecule has 3 heteroatoms. The lowest BCUT2D eigenvalue weighted by Gasteiger charge is -2.07. The molecule has 0 aliphatic carbocycles. The van der Waals surface area contributed by atoms with Crippen LogP contribution in [0, 0.1) is 0 Å². The van der Waals surface area contributed by atoms with Crippen molar-refractivity contribution in [3.63, 3.8) is 0 Å². The fourth-order valence-corrected chi connectivity index (χ4v) is 1.97. The summed E-state index contributed by atoms with van der Waals surface area (Å²) in [5.41, 5.74) is 0.962. The Morgan fingerprint density at radius 2 is 1.89 bits per heavy atom. The first-order chi connectivity index (χ1) is 9.26. The maximum absolute atomic E-state index is 11.3. The number of carbonyl (C=O) groups is 1. The molecular weight excluding hydrogens is 240 g/mol. The van der Waals surface area contributed by atoms with Crippen LogP contribution in [0.25, 0.3) is 16.8 Å². The molecule has 0 saturated carbocycles. The van der Waals surface area contributed by atoms with Crippen molar-refractivity contribution in [2.75, 3.05) is 13.7 Å². The van der Waals surface area contributed by atoms with Gasteiger partial charge in [-0.3, -0.25) is 0 Å². The highest BCUT2D eigenvalue weighted by molar-refractivity contribution is 5.97. The Balaban J connectivity index is 2.42. The second kappa shape index (κ2) is 6.05. The van der Waals surface area contributed by atoms with Gasteiger partial charge < -0.3 is 9.47 Å². The Hall–Kier alpha value is -2.29. The number of benzene rings is 2. The first-order valence-corrected chi connectivity index (χ1v) is 6.17. The number of esters is 1. The second-order valence-corrected chi connectivity index (χ2v) is 3.99. The fraction of sp³-hybridized carbons (Fsp3) is 0.188. The number of methoxy groups -OCH3 is 1. The zero-order valence-corrected chi connectivity index (χ0v) is 11.1. The van der Waals surface area contributed by atoms with Gasteiger partial charge >= 0.3 is 5.97 Å². The van der Waals surface area contributed by atoms with Gasteiger partial charge in [-0.05, 0) is 30.0 Å². The van der Waals surface area contributed by atoms with Crippen LogP contribution >= 0.6 is 0 Å². The molecular formula is C16H16O3. The molecule has 0 aromatic heterocycles. The third-order valence-corrected chi connectivity index (χ3v) is 2.82. The third kappa shape index (κ3) is 2.94. The summed E-state index contributed by atoms with van der Waals surface area (Å²) in [7, 11) is 1.65. The minimum atomic E-state index is -0.331. The van der Waals surface area contributed by atoms with Crippen molar-refractivity contribution in [3.05, 3.63) is 48.0 Å². The van der Waals surface area contributed by atoms with Crippen molar-refractivity contribution < 1.29 is 14.3 Å². The third-order valence-electron chi connectivity index (χ3n) is 2.82. The minimum absolute atomic E-state index is 0.331. The molecule has 0 radical (unpaired) electrons. The van der Waals surface area contributed by atoms with Crippen molar-refractivity contribution in [2.45, 2.75) is 6.92 Å². The van der Waals surface area contributed by atoms with Crippen molar-refractivity contribution in [1.82, 2.24) is 0 Å². The van der Waals surface area contributed by atoms with Gasteiger partial charge in [-0.25, -0.2) is 4.79 Å². The highest BCUT2D eigenvalue weighted by Crippen LogP contribution is 2.28. The standard InChI is InChI=1S/C16H16O3/c1-3-19-16(17)11-9-12-8-10-15(18-2)14-7-5-4-6-13(12)14/h4-11H,3H2,1-2H3/b11-9+. The van der Waals surface area contributed by atoms with Crippen molar-refractivity contribution in [1.29, 1.82) is 0 Å². The molecule has 0 aliphatic heterocycles. The van der Waals surface area contributed by atoms with Gasteiger partial charge in [-0.1, -0.05) is 30.3 Å². The number of rotatable bonds is 4. The summed E-state index contributed by atoms with van der Waals surface area (Å²) in [5, 5.41) is 2.07. The Morgan fingerprint density at radius 3 is 2.58 bits per heavy atom. The SMILES string of the molecule is CCOC(=O)/C=C/c1ccc(OC)c2ccccc12. The number of carbonyl (C=O) groups excluding carboxylic acids is 1. The normalized spacial score (nSPS) is 10.8. The highest BCUT2D eigenvalue weighted by Gasteiger charge is 2.04. The summed E-state index contributed by atoms with van der Waals surface area (Å²) in [4.78, 5) is 11.3. The van der Waals surface area contributed by atoms with Crippen molar-refractivity contribution in [2.24, 2.45) is 0 Å². The van der Waals surface area contributed by atoms with E-state index in [1.54, 1.807) is 20.1 Å². The fourth-order valence-electron chi connectivity index (χ4n) is 1.97. The van der Waals surface area contributed by atoms with Crippen LogP contribution in [-0.4, -0.2) is 19.7 Å². The molecule has 19 heavy (non-hydrogen) atoms. The molecule has 0 amide bonds. The molecule has 0 atom stereocenters. The molecule has 2 aromatic rings. The number of hydrogen-bond acceptors (Lipinski definition) is 3. The van der Waals surface area contributed by atoms with Crippen LogP contribution in [0.4, 0.5) is 0 Å². The molecule has 0 bridgehead atoms. The average molecular weight is 256 g/mol. The van der Waals surface area contributed by atoms with E-state index in [2.05, 4.69) is 0 Å². The number of ether oxygens (including phenoxy) is 2. The van der Waals surface area contributed by atoms with Gasteiger partial charge in [0.15, 0.2) is 0 Å². The first kappa shape index (κ1) is 13.1. The molecule has 0 spiro atoms. The summed E-state index contributed by atoms with van der Waals surface area (Å²) in [5.74, 6) is 0.492. The van der Waals surface area contributed by atoms with Gasteiger partial charge in [0.2, 0.25) is 0 Å². The summed E-state index contributed by atoms with van der Waals surface area (Å²) >= 11 is 0. The summed E-state index contributed by atoms with van der Waals surface area (Å²) < 4.78 is 10.2. The first-order valence-electron chi connectivity index (χ1n) is 6.17.